The van der Waals surface area contributed by atoms with Crippen LogP contribution < -0.4 is 5.63 Å². The molecule has 2 heteroatoms. The van der Waals surface area contributed by atoms with Gasteiger partial charge in [-0.15, -0.1) is 0 Å². The monoisotopic (exact) mass is 202 g/mol. The first-order valence-corrected chi connectivity index (χ1v) is 5.31. The SMILES string of the molecule is CCc1oc(=O)c2ccccc2c1CC. The van der Waals surface area contributed by atoms with E-state index in [0.29, 0.717) is 5.39 Å². The molecule has 0 bridgehead atoms. The summed E-state index contributed by atoms with van der Waals surface area (Å²) in [5.74, 6) is 0.821. The molecule has 78 valence electrons. The van der Waals surface area contributed by atoms with Gasteiger partial charge in [-0.3, -0.25) is 0 Å². The van der Waals surface area contributed by atoms with Gasteiger partial charge in [-0.1, -0.05) is 32.0 Å². The van der Waals surface area contributed by atoms with Crippen LogP contribution in [0.2, 0.25) is 0 Å². The summed E-state index contributed by atoms with van der Waals surface area (Å²) < 4.78 is 5.31. The molecule has 0 fully saturated rings. The van der Waals surface area contributed by atoms with Crippen LogP contribution in [0.25, 0.3) is 10.8 Å². The van der Waals surface area contributed by atoms with E-state index in [-0.39, 0.29) is 5.63 Å². The lowest BCUT2D eigenvalue weighted by Gasteiger charge is -2.07. The maximum Gasteiger partial charge on any atom is 0.343 e. The molecule has 2 rings (SSSR count). The molecular formula is C13H14O2. The van der Waals surface area contributed by atoms with Crippen molar-refractivity contribution in [3.05, 3.63) is 46.0 Å². The molecule has 0 aliphatic carbocycles. The van der Waals surface area contributed by atoms with Crippen LogP contribution in [0.15, 0.2) is 33.5 Å². The van der Waals surface area contributed by atoms with Crippen molar-refractivity contribution in [2.45, 2.75) is 26.7 Å². The molecule has 1 heterocycles. The van der Waals surface area contributed by atoms with E-state index < -0.39 is 0 Å². The van der Waals surface area contributed by atoms with Crippen molar-refractivity contribution < 1.29 is 4.42 Å². The number of fused-ring (bicyclic) bond motifs is 1. The van der Waals surface area contributed by atoms with Crippen molar-refractivity contribution in [1.82, 2.24) is 0 Å². The first-order valence-electron chi connectivity index (χ1n) is 5.31. The molecule has 0 radical (unpaired) electrons. The molecule has 0 spiro atoms. The van der Waals surface area contributed by atoms with Crippen LogP contribution in [0.5, 0.6) is 0 Å². The van der Waals surface area contributed by atoms with Crippen molar-refractivity contribution in [3.63, 3.8) is 0 Å². The molecule has 2 aromatic rings. The zero-order valence-electron chi connectivity index (χ0n) is 9.04. The normalized spacial score (nSPS) is 10.8. The Labute approximate surface area is 88.5 Å². The smallest absolute Gasteiger partial charge is 0.343 e. The van der Waals surface area contributed by atoms with E-state index in [1.165, 1.54) is 0 Å². The summed E-state index contributed by atoms with van der Waals surface area (Å²) in [6.45, 7) is 4.09. The quantitative estimate of drug-likeness (QED) is 0.749. The first-order chi connectivity index (χ1) is 7.27. The van der Waals surface area contributed by atoms with Crippen LogP contribution in [-0.2, 0) is 12.8 Å². The van der Waals surface area contributed by atoms with Gasteiger partial charge in [-0.05, 0) is 23.4 Å². The highest BCUT2D eigenvalue weighted by atomic mass is 16.4. The highest BCUT2D eigenvalue weighted by Gasteiger charge is 2.09. The minimum Gasteiger partial charge on any atom is -0.427 e. The molecule has 0 aliphatic rings. The molecule has 0 amide bonds. The van der Waals surface area contributed by atoms with Crippen LogP contribution in [-0.4, -0.2) is 0 Å². The van der Waals surface area contributed by atoms with Crippen LogP contribution in [0.3, 0.4) is 0 Å². The Balaban J connectivity index is 2.92. The second-order valence-corrected chi connectivity index (χ2v) is 3.54. The molecule has 1 aromatic carbocycles. The zero-order valence-corrected chi connectivity index (χ0v) is 9.04. The maximum absolute atomic E-state index is 11.7. The molecule has 0 atom stereocenters. The summed E-state index contributed by atoms with van der Waals surface area (Å²) in [6.07, 6.45) is 1.66. The highest BCUT2D eigenvalue weighted by molar-refractivity contribution is 5.84. The Kier molecular flexibility index (Phi) is 2.58. The van der Waals surface area contributed by atoms with Gasteiger partial charge in [-0.25, -0.2) is 4.79 Å². The molecular weight excluding hydrogens is 188 g/mol. The molecule has 0 saturated heterocycles. The van der Waals surface area contributed by atoms with E-state index in [1.54, 1.807) is 0 Å². The van der Waals surface area contributed by atoms with Crippen molar-refractivity contribution in [1.29, 1.82) is 0 Å². The summed E-state index contributed by atoms with van der Waals surface area (Å²) in [5.41, 5.74) is 0.937. The standard InChI is InChI=1S/C13H14O2/c1-3-9-10-7-5-6-8-11(10)13(14)15-12(9)4-2/h5-8H,3-4H2,1-2H3. The predicted molar refractivity (Wildman–Crippen MR) is 61.2 cm³/mol. The lowest BCUT2D eigenvalue weighted by Crippen LogP contribution is -2.05. The van der Waals surface area contributed by atoms with E-state index in [4.69, 9.17) is 4.42 Å². The largest absolute Gasteiger partial charge is 0.427 e. The van der Waals surface area contributed by atoms with Gasteiger partial charge >= 0.3 is 5.63 Å². The van der Waals surface area contributed by atoms with Gasteiger partial charge in [0.05, 0.1) is 5.39 Å². The van der Waals surface area contributed by atoms with Crippen molar-refractivity contribution >= 4 is 10.8 Å². The van der Waals surface area contributed by atoms with Crippen LogP contribution in [0.1, 0.15) is 25.2 Å². The van der Waals surface area contributed by atoms with Gasteiger partial charge in [0, 0.05) is 6.42 Å². The summed E-state index contributed by atoms with van der Waals surface area (Å²) in [7, 11) is 0. The fraction of sp³-hybridized carbons (Fsp3) is 0.308. The van der Waals surface area contributed by atoms with Crippen molar-refractivity contribution in [3.8, 4) is 0 Å². The molecule has 0 unspecified atom stereocenters. The van der Waals surface area contributed by atoms with Crippen LogP contribution in [0, 0.1) is 0 Å². The fourth-order valence-electron chi connectivity index (χ4n) is 1.98. The van der Waals surface area contributed by atoms with E-state index >= 15 is 0 Å². The Morgan fingerprint density at radius 3 is 2.33 bits per heavy atom. The van der Waals surface area contributed by atoms with Crippen LogP contribution >= 0.6 is 0 Å². The van der Waals surface area contributed by atoms with Gasteiger partial charge < -0.3 is 4.42 Å². The molecule has 1 aromatic heterocycles. The first kappa shape index (κ1) is 9.97. The number of benzene rings is 1. The Morgan fingerprint density at radius 2 is 1.73 bits per heavy atom. The maximum atomic E-state index is 11.7. The third kappa shape index (κ3) is 1.56. The Hall–Kier alpha value is -1.57. The molecule has 0 aliphatic heterocycles. The fourth-order valence-corrected chi connectivity index (χ4v) is 1.98. The van der Waals surface area contributed by atoms with E-state index in [9.17, 15) is 4.79 Å². The molecule has 0 saturated carbocycles. The number of rotatable bonds is 2. The van der Waals surface area contributed by atoms with E-state index in [1.807, 2.05) is 31.2 Å². The number of aryl methyl sites for hydroxylation is 2. The lowest BCUT2D eigenvalue weighted by atomic mass is 10.0. The van der Waals surface area contributed by atoms with Crippen molar-refractivity contribution in [2.75, 3.05) is 0 Å². The summed E-state index contributed by atoms with van der Waals surface area (Å²) >= 11 is 0. The molecule has 2 nitrogen and oxygen atoms in total. The zero-order chi connectivity index (χ0) is 10.8. The van der Waals surface area contributed by atoms with Gasteiger partial charge in [0.15, 0.2) is 0 Å². The average molecular weight is 202 g/mol. The minimum absolute atomic E-state index is 0.223. The molecule has 0 N–H and O–H groups in total. The van der Waals surface area contributed by atoms with Gasteiger partial charge in [-0.2, -0.15) is 0 Å². The predicted octanol–water partition coefficient (Wildman–Crippen LogP) is 2.92. The third-order valence-corrected chi connectivity index (χ3v) is 2.70. The average Bonchev–Trinajstić information content (AvgIpc) is 2.29. The summed E-state index contributed by atoms with van der Waals surface area (Å²) in [4.78, 5) is 11.7. The van der Waals surface area contributed by atoms with Crippen molar-refractivity contribution in [2.24, 2.45) is 0 Å². The van der Waals surface area contributed by atoms with Gasteiger partial charge in [0.1, 0.15) is 5.76 Å². The van der Waals surface area contributed by atoms with E-state index in [0.717, 1.165) is 29.6 Å². The topological polar surface area (TPSA) is 30.2 Å². The second kappa shape index (κ2) is 3.89. The summed E-state index contributed by atoms with van der Waals surface area (Å²) in [6, 6.07) is 7.63. The minimum atomic E-state index is -0.223. The van der Waals surface area contributed by atoms with Gasteiger partial charge in [0.2, 0.25) is 0 Å². The number of hydrogen-bond acceptors (Lipinski definition) is 2. The highest BCUT2D eigenvalue weighted by Crippen LogP contribution is 2.20. The summed E-state index contributed by atoms with van der Waals surface area (Å²) in [5, 5.41) is 1.72. The third-order valence-electron chi connectivity index (χ3n) is 2.70. The van der Waals surface area contributed by atoms with Crippen LogP contribution in [0.4, 0.5) is 0 Å². The lowest BCUT2D eigenvalue weighted by molar-refractivity contribution is 0.466. The Bertz CT molecular complexity index is 538. The molecule has 15 heavy (non-hydrogen) atoms. The van der Waals surface area contributed by atoms with E-state index in [2.05, 4.69) is 6.92 Å². The number of hydrogen-bond donors (Lipinski definition) is 0. The van der Waals surface area contributed by atoms with Gasteiger partial charge in [0.25, 0.3) is 0 Å². The second-order valence-electron chi connectivity index (χ2n) is 3.54. The Morgan fingerprint density at radius 1 is 1.07 bits per heavy atom.